The first kappa shape index (κ1) is 9.22. The molecular formula is H4LiO3P. The summed E-state index contributed by atoms with van der Waals surface area (Å²) in [5, 5.41) is 0. The van der Waals surface area contributed by atoms with Crippen LogP contribution in [-0.4, -0.2) is 28.6 Å². The van der Waals surface area contributed by atoms with E-state index in [-0.39, 0.29) is 18.9 Å². The average molecular weight is 89.9 g/mol. The van der Waals surface area contributed by atoms with Gasteiger partial charge in [-0.25, -0.2) is 0 Å². The molecule has 0 rings (SSSR count). The van der Waals surface area contributed by atoms with Gasteiger partial charge in [-0.05, 0) is 0 Å². The van der Waals surface area contributed by atoms with Crippen LogP contribution in [0.2, 0.25) is 0 Å². The second kappa shape index (κ2) is 4.75. The summed E-state index contributed by atoms with van der Waals surface area (Å²) in [4.78, 5) is 14.3. The maximum absolute atomic E-state index is 8.74. The zero-order valence-corrected chi connectivity index (χ0v) is 2.80. The number of hydrogen-bond acceptors (Lipinski definition) is 1. The van der Waals surface area contributed by atoms with E-state index >= 15 is 0 Å². The van der Waals surface area contributed by atoms with Crippen LogP contribution in [0.25, 0.3) is 0 Å². The van der Waals surface area contributed by atoms with Crippen LogP contribution in [0.1, 0.15) is 0 Å². The fraction of sp³-hybridized carbons (Fsp3) is 0. The van der Waals surface area contributed by atoms with Gasteiger partial charge < -0.3 is 9.79 Å². The van der Waals surface area contributed by atoms with Gasteiger partial charge in [-0.1, -0.05) is 0 Å². The van der Waals surface area contributed by atoms with Crippen LogP contribution in [-0.2, 0) is 4.57 Å². The van der Waals surface area contributed by atoms with Crippen LogP contribution in [0.15, 0.2) is 0 Å². The van der Waals surface area contributed by atoms with Crippen molar-refractivity contribution in [2.24, 2.45) is 0 Å². The second-order valence-electron chi connectivity index (χ2n) is 0.283. The Hall–Kier alpha value is 0.747. The van der Waals surface area contributed by atoms with Gasteiger partial charge in [0.2, 0.25) is 0 Å². The third kappa shape index (κ3) is 64.1. The minimum absolute atomic E-state index is 0. The predicted octanol–water partition coefficient (Wildman–Crippen LogP) is -1.29. The fourth-order valence-electron chi connectivity index (χ4n) is 0. The average Bonchev–Trinajstić information content (AvgIpc) is 0.811. The van der Waals surface area contributed by atoms with Crippen LogP contribution >= 0.6 is 8.25 Å². The molecule has 0 aliphatic carbocycles. The molecule has 0 saturated heterocycles. The van der Waals surface area contributed by atoms with E-state index in [9.17, 15) is 0 Å². The van der Waals surface area contributed by atoms with E-state index < -0.39 is 8.25 Å². The predicted molar refractivity (Wildman–Crippen MR) is 20.6 cm³/mol. The number of hydrogen-bond donors (Lipinski definition) is 2. The molecular weight excluding hydrogens is 85.9 g/mol. The molecule has 0 heterocycles. The summed E-state index contributed by atoms with van der Waals surface area (Å²) in [6.45, 7) is 0. The third-order valence-corrected chi connectivity index (χ3v) is 0. The molecule has 0 spiro atoms. The third-order valence-electron chi connectivity index (χ3n) is 0. The van der Waals surface area contributed by atoms with Gasteiger partial charge in [0.05, 0.1) is 0 Å². The van der Waals surface area contributed by atoms with Crippen molar-refractivity contribution in [1.82, 2.24) is 0 Å². The van der Waals surface area contributed by atoms with Crippen LogP contribution in [0.4, 0.5) is 0 Å². The van der Waals surface area contributed by atoms with Crippen molar-refractivity contribution < 1.29 is 14.4 Å². The zero-order chi connectivity index (χ0) is 3.58. The molecule has 0 aliphatic rings. The van der Waals surface area contributed by atoms with Gasteiger partial charge in [0.15, 0.2) is 0 Å². The molecule has 0 aliphatic heterocycles. The Morgan fingerprint density at radius 3 is 1.40 bits per heavy atom. The van der Waals surface area contributed by atoms with Gasteiger partial charge in [0.1, 0.15) is 0 Å². The van der Waals surface area contributed by atoms with Crippen molar-refractivity contribution in [2.45, 2.75) is 0 Å². The van der Waals surface area contributed by atoms with E-state index in [1.54, 1.807) is 0 Å². The van der Waals surface area contributed by atoms with E-state index in [2.05, 4.69) is 0 Å². The van der Waals surface area contributed by atoms with E-state index in [1.165, 1.54) is 0 Å². The normalized spacial score (nSPS) is 7.00. The van der Waals surface area contributed by atoms with E-state index in [1.807, 2.05) is 0 Å². The molecule has 0 aromatic carbocycles. The molecule has 0 unspecified atom stereocenters. The quantitative estimate of drug-likeness (QED) is 0.287. The molecule has 0 aromatic rings. The first-order valence-electron chi connectivity index (χ1n) is 0.651. The molecule has 0 bridgehead atoms. The summed E-state index contributed by atoms with van der Waals surface area (Å²) in [5.74, 6) is 0. The summed E-state index contributed by atoms with van der Waals surface area (Å²) in [5.41, 5.74) is 0. The Labute approximate surface area is 42.1 Å². The van der Waals surface area contributed by atoms with Gasteiger partial charge >= 0.3 is 27.1 Å². The molecule has 0 fully saturated rings. The summed E-state index contributed by atoms with van der Waals surface area (Å²) < 4.78 is 8.74. The second-order valence-corrected chi connectivity index (χ2v) is 0.848. The first-order chi connectivity index (χ1) is 1.73. The molecule has 0 aromatic heterocycles. The molecule has 0 saturated carbocycles. The van der Waals surface area contributed by atoms with Crippen molar-refractivity contribution in [1.29, 1.82) is 0 Å². The molecule has 5 heteroatoms. The molecule has 0 amide bonds. The van der Waals surface area contributed by atoms with Crippen LogP contribution < -0.4 is 0 Å². The molecule has 0 radical (unpaired) electrons. The molecule has 0 atom stereocenters. The van der Waals surface area contributed by atoms with Crippen molar-refractivity contribution in [3.8, 4) is 0 Å². The zero-order valence-electron chi connectivity index (χ0n) is 1.80. The van der Waals surface area contributed by atoms with Gasteiger partial charge in [0.25, 0.3) is 0 Å². The Morgan fingerprint density at radius 2 is 1.40 bits per heavy atom. The Morgan fingerprint density at radius 1 is 1.40 bits per heavy atom. The number of rotatable bonds is 0. The van der Waals surface area contributed by atoms with Gasteiger partial charge in [-0.3, -0.25) is 4.57 Å². The molecule has 2 N–H and O–H groups in total. The van der Waals surface area contributed by atoms with Gasteiger partial charge in [-0.15, -0.1) is 0 Å². The van der Waals surface area contributed by atoms with Crippen molar-refractivity contribution >= 4 is 27.1 Å². The molecule has 3 nitrogen and oxygen atoms in total. The summed E-state index contributed by atoms with van der Waals surface area (Å²) in [7, 11) is -3.13. The van der Waals surface area contributed by atoms with Crippen LogP contribution in [0, 0.1) is 0 Å². The van der Waals surface area contributed by atoms with Crippen molar-refractivity contribution in [3.63, 3.8) is 0 Å². The first-order valence-corrected chi connectivity index (χ1v) is 1.95. The minimum atomic E-state index is -3.13. The monoisotopic (exact) mass is 90.0 g/mol. The van der Waals surface area contributed by atoms with Crippen molar-refractivity contribution in [2.75, 3.05) is 0 Å². The standard InChI is InChI=1S/Li.H3O3P.H/c;1-4(2)3;/h;4H,(H2,1,2,3);. The summed E-state index contributed by atoms with van der Waals surface area (Å²) >= 11 is 0. The van der Waals surface area contributed by atoms with Gasteiger partial charge in [-0.2, -0.15) is 0 Å². The maximum atomic E-state index is 8.74. The summed E-state index contributed by atoms with van der Waals surface area (Å²) in [6.07, 6.45) is 0. The van der Waals surface area contributed by atoms with E-state index in [4.69, 9.17) is 14.4 Å². The Kier molecular flexibility index (Phi) is 8.76. The Bertz CT molecular complexity index is 29.9. The van der Waals surface area contributed by atoms with Crippen LogP contribution in [0.3, 0.4) is 0 Å². The topological polar surface area (TPSA) is 57.5 Å². The molecule has 5 heavy (non-hydrogen) atoms. The fourth-order valence-corrected chi connectivity index (χ4v) is 0. The van der Waals surface area contributed by atoms with E-state index in [0.717, 1.165) is 0 Å². The van der Waals surface area contributed by atoms with Crippen LogP contribution in [0.5, 0.6) is 0 Å². The Balaban J connectivity index is 0. The molecule has 28 valence electrons. The SMILES string of the molecule is O=[PH](O)O.[LiH]. The van der Waals surface area contributed by atoms with Gasteiger partial charge in [0, 0.05) is 0 Å². The summed E-state index contributed by atoms with van der Waals surface area (Å²) in [6, 6.07) is 0. The van der Waals surface area contributed by atoms with E-state index in [0.29, 0.717) is 0 Å². The van der Waals surface area contributed by atoms with Crippen molar-refractivity contribution in [3.05, 3.63) is 0 Å².